The number of phenols is 2. The van der Waals surface area contributed by atoms with Gasteiger partial charge >= 0.3 is 33.6 Å². The van der Waals surface area contributed by atoms with Crippen molar-refractivity contribution in [3.63, 3.8) is 0 Å². The fourth-order valence-electron chi connectivity index (χ4n) is 9.23. The number of carboxylic acid groups (broad SMARTS) is 3. The van der Waals surface area contributed by atoms with E-state index in [0.29, 0.717) is 33.8 Å². The number of carboxylic acids is 3. The van der Waals surface area contributed by atoms with Crippen molar-refractivity contribution in [1.29, 1.82) is 0 Å². The van der Waals surface area contributed by atoms with Crippen LogP contribution >= 0.6 is 0 Å². The van der Waals surface area contributed by atoms with Gasteiger partial charge in [0.15, 0.2) is 5.60 Å². The maximum absolute atomic E-state index is 12.5. The van der Waals surface area contributed by atoms with Crippen LogP contribution in [0.1, 0.15) is 230 Å². The van der Waals surface area contributed by atoms with E-state index in [1.807, 2.05) is 12.1 Å². The molecule has 0 amide bonds. The molecule has 0 saturated carbocycles. The van der Waals surface area contributed by atoms with Crippen molar-refractivity contribution in [3.8, 4) is 23.0 Å². The number of hydrogen-bond donors (Lipinski definition) is 2. The Labute approximate surface area is 448 Å². The number of carbonyl (C=O) groups is 4. The molecule has 12 nitrogen and oxygen atoms in total. The Bertz CT molecular complexity index is 1770. The van der Waals surface area contributed by atoms with Crippen molar-refractivity contribution in [2.24, 2.45) is 0 Å². The summed E-state index contributed by atoms with van der Waals surface area (Å²) in [6, 6.07) is 16.6. The number of benzene rings is 3. The molecular weight excluding hydrogens is 1090 g/mol. The minimum atomic E-state index is -1.17. The van der Waals surface area contributed by atoms with E-state index in [-0.39, 0.29) is 39.2 Å². The molecule has 0 fully saturated rings. The zero-order valence-electron chi connectivity index (χ0n) is 44.8. The predicted molar refractivity (Wildman–Crippen MR) is 273 cm³/mol. The summed E-state index contributed by atoms with van der Waals surface area (Å²) in [7, 11) is 0. The maximum atomic E-state index is 12.5. The van der Waals surface area contributed by atoms with Crippen LogP contribution in [0.25, 0.3) is 0 Å². The number of unbranched alkanes of at least 4 members (excludes halogenated alkanes) is 20. The topological polar surface area (TPSA) is 196 Å². The molecule has 71 heavy (non-hydrogen) atoms. The van der Waals surface area contributed by atoms with Gasteiger partial charge in [-0.15, -0.1) is 0 Å². The average molecular weight is 1180 g/mol. The molecule has 0 bridgehead atoms. The first-order valence-corrected chi connectivity index (χ1v) is 26.6. The Kier molecular flexibility index (Phi) is 37.1. The number of aromatic hydroxyl groups is 2. The van der Waals surface area contributed by atoms with Crippen LogP contribution in [0.5, 0.6) is 23.0 Å². The van der Waals surface area contributed by atoms with Gasteiger partial charge in [0.2, 0.25) is 0 Å². The number of carbonyl (C=O) groups excluding carboxylic acids is 4. The van der Waals surface area contributed by atoms with Gasteiger partial charge in [0, 0.05) is 46.7 Å². The SMILES string of the molecule is CC(=O)[O-].CC(=O)[O-].CC(=O)[O-].CCCCCCCC[N+](CCCCCCCC)(CCCCCCCC)CCCCCCCC.O=C1OC2(c3ccc(O)cc3Oc3cc(O)ccc32)c2ccccc21.[Hg+2]. The number of rotatable bonds is 28. The molecule has 13 heteroatoms. The largest absolute Gasteiger partial charge is 2.00 e. The van der Waals surface area contributed by atoms with Crippen LogP contribution in [0.4, 0.5) is 0 Å². The smallest absolute Gasteiger partial charge is 0.550 e. The first kappa shape index (κ1) is 66.8. The number of nitrogens with zero attached hydrogens (tertiary/aromatic N) is 1. The minimum absolute atomic E-state index is 0. The van der Waals surface area contributed by atoms with Crippen LogP contribution < -0.4 is 20.1 Å². The minimum Gasteiger partial charge on any atom is -0.550 e. The molecule has 2 aliphatic heterocycles. The summed E-state index contributed by atoms with van der Waals surface area (Å²) < 4.78 is 13.3. The van der Waals surface area contributed by atoms with Gasteiger partial charge in [-0.2, -0.15) is 0 Å². The van der Waals surface area contributed by atoms with Crippen molar-refractivity contribution < 1.29 is 86.3 Å². The molecule has 0 aromatic heterocycles. The molecule has 2 N–H and O–H groups in total. The molecule has 1 spiro atoms. The number of ether oxygens (including phenoxy) is 2. The van der Waals surface area contributed by atoms with Crippen LogP contribution in [0.15, 0.2) is 60.7 Å². The van der Waals surface area contributed by atoms with Crippen molar-refractivity contribution in [1.82, 2.24) is 0 Å². The fourth-order valence-corrected chi connectivity index (χ4v) is 9.23. The van der Waals surface area contributed by atoms with E-state index in [1.165, 1.54) is 209 Å². The Balaban J connectivity index is 0.00000112. The maximum Gasteiger partial charge on any atom is 2.00 e. The Morgan fingerprint density at radius 3 is 1.10 bits per heavy atom. The third-order valence-corrected chi connectivity index (χ3v) is 12.6. The average Bonchev–Trinajstić information content (AvgIpc) is 3.59. The summed E-state index contributed by atoms with van der Waals surface area (Å²) in [6.07, 6.45) is 34.8. The summed E-state index contributed by atoms with van der Waals surface area (Å²) in [4.78, 5) is 39.2. The normalized spacial score (nSPS) is 12.2. The first-order chi connectivity index (χ1) is 33.5. The van der Waals surface area contributed by atoms with Crippen LogP contribution in [0.2, 0.25) is 0 Å². The van der Waals surface area contributed by atoms with Crippen molar-refractivity contribution in [3.05, 3.63) is 82.9 Å². The van der Waals surface area contributed by atoms with E-state index in [2.05, 4.69) is 27.7 Å². The molecule has 0 aliphatic carbocycles. The van der Waals surface area contributed by atoms with Crippen LogP contribution in [0, 0.1) is 0 Å². The number of phenolic OH excluding ortho intramolecular Hbond substituents is 2. The van der Waals surface area contributed by atoms with E-state index >= 15 is 0 Å². The van der Waals surface area contributed by atoms with E-state index < -0.39 is 29.5 Å². The summed E-state index contributed by atoms with van der Waals surface area (Å²) in [5, 5.41) is 46.3. The van der Waals surface area contributed by atoms with Gasteiger partial charge in [-0.3, -0.25) is 0 Å². The number of hydrogen-bond acceptors (Lipinski definition) is 11. The Hall–Kier alpha value is -4.16. The molecule has 3 aromatic carbocycles. The first-order valence-electron chi connectivity index (χ1n) is 26.6. The number of aliphatic carboxylic acids is 3. The van der Waals surface area contributed by atoms with Gasteiger partial charge in [0.05, 0.1) is 31.7 Å². The standard InChI is InChI=1S/C32H68N.C20H12O5.3C2H4O2.Hg/c1-5-9-13-17-21-25-29-33(30-26-22-18-14-10-6-2,31-27-23-19-15-11-7-3)32-28-24-20-16-12-8-4;21-11-5-7-15-17(9-11)24-18-10-12(22)6-8-16(18)20(15)14-4-2-1-3-13(14)19(23)25-20;3*1-2(3)4;/h5-32H2,1-4H3;1-10,21-22H;3*1H3,(H,3,4);/q+1;;;;;+2/p-3. The number of fused-ring (bicyclic) bond motifs is 6. The third kappa shape index (κ3) is 26.9. The second kappa shape index (κ2) is 39.4. The fraction of sp³-hybridized carbons (Fsp3) is 0.621. The van der Waals surface area contributed by atoms with Crippen molar-refractivity contribution >= 4 is 23.9 Å². The molecule has 3 aromatic rings. The summed E-state index contributed by atoms with van der Waals surface area (Å²) >= 11 is 0. The molecule has 2 heterocycles. The third-order valence-electron chi connectivity index (χ3n) is 12.6. The van der Waals surface area contributed by atoms with Gasteiger partial charge in [0.25, 0.3) is 0 Å². The monoisotopic (exact) mass is 1180 g/mol. The molecule has 0 saturated heterocycles. The molecule has 0 unspecified atom stereocenters. The van der Waals surface area contributed by atoms with Crippen molar-refractivity contribution in [2.75, 3.05) is 26.2 Å². The van der Waals surface area contributed by atoms with Crippen molar-refractivity contribution in [2.45, 2.75) is 208 Å². The molecule has 2 aliphatic rings. The summed E-state index contributed by atoms with van der Waals surface area (Å²) in [5.74, 6) is -2.84. The van der Waals surface area contributed by atoms with E-state index in [4.69, 9.17) is 39.2 Å². The Morgan fingerprint density at radius 2 is 0.775 bits per heavy atom. The molecule has 394 valence electrons. The zero-order valence-corrected chi connectivity index (χ0v) is 50.3. The molecule has 0 atom stereocenters. The second-order valence-corrected chi connectivity index (χ2v) is 18.9. The van der Waals surface area contributed by atoms with E-state index in [9.17, 15) is 15.0 Å². The van der Waals surface area contributed by atoms with Gasteiger partial charge in [-0.05, 0) is 102 Å². The van der Waals surface area contributed by atoms with Crippen LogP contribution in [0.3, 0.4) is 0 Å². The predicted octanol–water partition coefficient (Wildman–Crippen LogP) is 11.2. The number of quaternary nitrogens is 1. The van der Waals surface area contributed by atoms with Gasteiger partial charge in [-0.1, -0.05) is 149 Å². The van der Waals surface area contributed by atoms with Gasteiger partial charge in [0.1, 0.15) is 23.0 Å². The van der Waals surface area contributed by atoms with Gasteiger partial charge < -0.3 is 53.9 Å². The van der Waals surface area contributed by atoms with E-state index in [0.717, 1.165) is 20.8 Å². The Morgan fingerprint density at radius 1 is 0.479 bits per heavy atom. The second-order valence-electron chi connectivity index (χ2n) is 18.9. The van der Waals surface area contributed by atoms with Crippen LogP contribution in [-0.2, 0) is 52.4 Å². The zero-order chi connectivity index (χ0) is 52.2. The van der Waals surface area contributed by atoms with Crippen LogP contribution in [-0.4, -0.2) is 64.8 Å². The molecule has 0 radical (unpaired) electrons. The summed E-state index contributed by atoms with van der Waals surface area (Å²) in [5.41, 5.74) is 1.28. The van der Waals surface area contributed by atoms with Gasteiger partial charge in [-0.25, -0.2) is 4.79 Å². The number of esters is 1. The molecule has 5 rings (SSSR count). The molecular formula is C58H89HgNO11. The quantitative estimate of drug-likeness (QED) is 0.0304. The summed E-state index contributed by atoms with van der Waals surface area (Å²) in [6.45, 7) is 18.2. The van der Waals surface area contributed by atoms with E-state index in [1.54, 1.807) is 24.3 Å².